The fraction of sp³-hybridized carbons (Fsp3) is 0.0909. The van der Waals surface area contributed by atoms with Crippen LogP contribution in [0.3, 0.4) is 0 Å². The molecule has 2 unspecified atom stereocenters. The van der Waals surface area contributed by atoms with Gasteiger partial charge in [-0.05, 0) is 29.1 Å². The van der Waals surface area contributed by atoms with Gasteiger partial charge >= 0.3 is 5.97 Å². The highest BCUT2D eigenvalue weighted by atomic mass is 32.1. The van der Waals surface area contributed by atoms with E-state index in [1.165, 1.54) is 11.3 Å². The zero-order valence-corrected chi connectivity index (χ0v) is 15.7. The Labute approximate surface area is 166 Å². The molecule has 0 bridgehead atoms. The minimum absolute atomic E-state index is 0.236. The summed E-state index contributed by atoms with van der Waals surface area (Å²) in [6.45, 7) is 0. The monoisotopic (exact) mass is 390 g/mol. The van der Waals surface area contributed by atoms with Gasteiger partial charge in [0.05, 0.1) is 11.4 Å². The third-order valence-electron chi connectivity index (χ3n) is 4.60. The minimum atomic E-state index is -1.02. The molecule has 1 aliphatic rings. The number of aliphatic carboxylic acids is 1. The number of carboxylic acid groups (broad SMARTS) is 1. The second kappa shape index (κ2) is 7.70. The second-order valence-electron chi connectivity index (χ2n) is 6.38. The summed E-state index contributed by atoms with van der Waals surface area (Å²) in [7, 11) is 0. The van der Waals surface area contributed by atoms with Gasteiger partial charge < -0.3 is 15.3 Å². The molecule has 1 aromatic heterocycles. The average Bonchev–Trinajstić information content (AvgIpc) is 3.22. The first-order valence-electron chi connectivity index (χ1n) is 8.83. The lowest BCUT2D eigenvalue weighted by atomic mass is 10.0. The highest BCUT2D eigenvalue weighted by Crippen LogP contribution is 2.41. The summed E-state index contributed by atoms with van der Waals surface area (Å²) < 4.78 is 0. The van der Waals surface area contributed by atoms with Gasteiger partial charge in [-0.3, -0.25) is 4.79 Å². The molecule has 6 heteroatoms. The quantitative estimate of drug-likeness (QED) is 0.677. The zero-order chi connectivity index (χ0) is 19.5. The summed E-state index contributed by atoms with van der Waals surface area (Å²) in [5.41, 5.74) is 2.20. The third kappa shape index (κ3) is 3.42. The summed E-state index contributed by atoms with van der Waals surface area (Å²) in [5.74, 6) is -1.25. The Bertz CT molecular complexity index is 1020. The number of rotatable bonds is 5. The van der Waals surface area contributed by atoms with Gasteiger partial charge in [-0.25, -0.2) is 4.79 Å². The van der Waals surface area contributed by atoms with Crippen LogP contribution in [0.4, 0.5) is 11.4 Å². The van der Waals surface area contributed by atoms with Crippen molar-refractivity contribution in [3.8, 4) is 0 Å². The summed E-state index contributed by atoms with van der Waals surface area (Å²) in [4.78, 5) is 27.6. The number of para-hydroxylation sites is 2. The molecule has 0 radical (unpaired) electrons. The standard InChI is InChI=1S/C22H18N2O3S/c25-21-20(19-11-6-14-28-19)24(17-10-5-4-9-16(17)23-21)18(22(26)27)13-12-15-7-2-1-3-8-15/h1-14,18,20H,(H,23,25)(H,26,27)/b13-12+. The number of carbonyl (C=O) groups is 2. The van der Waals surface area contributed by atoms with Crippen LogP contribution < -0.4 is 10.2 Å². The third-order valence-corrected chi connectivity index (χ3v) is 5.53. The van der Waals surface area contributed by atoms with Gasteiger partial charge in [-0.2, -0.15) is 0 Å². The number of hydrogen-bond acceptors (Lipinski definition) is 4. The fourth-order valence-corrected chi connectivity index (χ4v) is 4.18. The van der Waals surface area contributed by atoms with Crippen molar-refractivity contribution in [1.29, 1.82) is 0 Å². The van der Waals surface area contributed by atoms with E-state index in [0.717, 1.165) is 10.4 Å². The first-order chi connectivity index (χ1) is 13.6. The van der Waals surface area contributed by atoms with Crippen LogP contribution in [-0.2, 0) is 9.59 Å². The van der Waals surface area contributed by atoms with Gasteiger partial charge in [0.1, 0.15) is 12.1 Å². The Hall–Kier alpha value is -3.38. The molecule has 28 heavy (non-hydrogen) atoms. The summed E-state index contributed by atoms with van der Waals surface area (Å²) >= 11 is 1.44. The molecule has 3 aromatic rings. The van der Waals surface area contributed by atoms with Crippen LogP contribution in [0.5, 0.6) is 0 Å². The molecule has 4 rings (SSSR count). The van der Waals surface area contributed by atoms with Crippen molar-refractivity contribution in [1.82, 2.24) is 0 Å². The van der Waals surface area contributed by atoms with E-state index in [9.17, 15) is 14.7 Å². The smallest absolute Gasteiger partial charge is 0.330 e. The van der Waals surface area contributed by atoms with E-state index in [0.29, 0.717) is 11.4 Å². The molecule has 2 N–H and O–H groups in total. The van der Waals surface area contributed by atoms with Crippen molar-refractivity contribution in [2.24, 2.45) is 0 Å². The van der Waals surface area contributed by atoms with Gasteiger partial charge in [0.2, 0.25) is 0 Å². The van der Waals surface area contributed by atoms with Crippen LogP contribution in [0.1, 0.15) is 16.5 Å². The van der Waals surface area contributed by atoms with Crippen molar-refractivity contribution < 1.29 is 14.7 Å². The largest absolute Gasteiger partial charge is 0.479 e. The maximum absolute atomic E-state index is 12.9. The van der Waals surface area contributed by atoms with Crippen molar-refractivity contribution in [2.45, 2.75) is 12.1 Å². The molecule has 140 valence electrons. The topological polar surface area (TPSA) is 69.6 Å². The number of anilines is 2. The van der Waals surface area contributed by atoms with Gasteiger partial charge in [-0.15, -0.1) is 11.3 Å². The number of benzene rings is 2. The van der Waals surface area contributed by atoms with Gasteiger partial charge in [-0.1, -0.05) is 60.7 Å². The van der Waals surface area contributed by atoms with E-state index in [1.54, 1.807) is 23.1 Å². The Morgan fingerprint density at radius 1 is 1.07 bits per heavy atom. The minimum Gasteiger partial charge on any atom is -0.479 e. The molecule has 0 saturated heterocycles. The normalized spacial score (nSPS) is 17.2. The fourth-order valence-electron chi connectivity index (χ4n) is 3.36. The summed E-state index contributed by atoms with van der Waals surface area (Å²) in [5, 5.41) is 14.8. The van der Waals surface area contributed by atoms with Crippen LogP contribution in [0.2, 0.25) is 0 Å². The Kier molecular flexibility index (Phi) is 4.95. The second-order valence-corrected chi connectivity index (χ2v) is 7.36. The molecule has 1 amide bonds. The Balaban J connectivity index is 1.82. The highest BCUT2D eigenvalue weighted by Gasteiger charge is 2.40. The molecule has 0 saturated carbocycles. The maximum atomic E-state index is 12.9. The van der Waals surface area contributed by atoms with Crippen molar-refractivity contribution >= 4 is 40.7 Å². The lowest BCUT2D eigenvalue weighted by molar-refractivity contribution is -0.137. The van der Waals surface area contributed by atoms with Crippen LogP contribution in [-0.4, -0.2) is 23.0 Å². The molecule has 2 aromatic carbocycles. The van der Waals surface area contributed by atoms with E-state index < -0.39 is 18.1 Å². The number of nitrogens with one attached hydrogen (secondary N) is 1. The predicted octanol–water partition coefficient (Wildman–Crippen LogP) is 4.41. The van der Waals surface area contributed by atoms with Crippen LogP contribution in [0.25, 0.3) is 6.08 Å². The molecule has 0 spiro atoms. The molecular weight excluding hydrogens is 372 g/mol. The van der Waals surface area contributed by atoms with Crippen LogP contribution >= 0.6 is 11.3 Å². The van der Waals surface area contributed by atoms with E-state index in [1.807, 2.05) is 66.0 Å². The van der Waals surface area contributed by atoms with Crippen LogP contribution in [0, 0.1) is 0 Å². The lowest BCUT2D eigenvalue weighted by Crippen LogP contribution is -2.49. The molecule has 5 nitrogen and oxygen atoms in total. The number of nitrogens with zero attached hydrogens (tertiary/aromatic N) is 1. The number of thiophene rings is 1. The van der Waals surface area contributed by atoms with E-state index in [4.69, 9.17) is 0 Å². The number of carbonyl (C=O) groups excluding carboxylic acids is 1. The molecular formula is C22H18N2O3S. The van der Waals surface area contributed by atoms with Crippen LogP contribution in [0.15, 0.2) is 78.2 Å². The lowest BCUT2D eigenvalue weighted by Gasteiger charge is -2.40. The van der Waals surface area contributed by atoms with Gasteiger partial charge in [0.15, 0.2) is 0 Å². The number of amides is 1. The molecule has 0 fully saturated rings. The molecule has 1 aliphatic heterocycles. The first kappa shape index (κ1) is 18.0. The summed E-state index contributed by atoms with van der Waals surface area (Å²) in [6, 6.07) is 18.8. The maximum Gasteiger partial charge on any atom is 0.330 e. The van der Waals surface area contributed by atoms with Crippen molar-refractivity contribution in [3.63, 3.8) is 0 Å². The highest BCUT2D eigenvalue weighted by molar-refractivity contribution is 7.10. The Morgan fingerprint density at radius 2 is 1.82 bits per heavy atom. The SMILES string of the molecule is O=C(O)C(/C=C/c1ccccc1)N1c2ccccc2NC(=O)C1c1cccs1. The number of carboxylic acids is 1. The predicted molar refractivity (Wildman–Crippen MR) is 112 cm³/mol. The number of fused-ring (bicyclic) bond motifs is 1. The van der Waals surface area contributed by atoms with E-state index >= 15 is 0 Å². The molecule has 0 aliphatic carbocycles. The Morgan fingerprint density at radius 3 is 2.54 bits per heavy atom. The van der Waals surface area contributed by atoms with E-state index in [2.05, 4.69) is 5.32 Å². The number of hydrogen-bond donors (Lipinski definition) is 2. The zero-order valence-electron chi connectivity index (χ0n) is 14.9. The van der Waals surface area contributed by atoms with Gasteiger partial charge in [0, 0.05) is 4.88 Å². The van der Waals surface area contributed by atoms with Gasteiger partial charge in [0.25, 0.3) is 5.91 Å². The molecule has 2 atom stereocenters. The molecule has 2 heterocycles. The van der Waals surface area contributed by atoms with E-state index in [-0.39, 0.29) is 5.91 Å². The average molecular weight is 390 g/mol. The first-order valence-corrected chi connectivity index (χ1v) is 9.71. The van der Waals surface area contributed by atoms with Crippen molar-refractivity contribution in [2.75, 3.05) is 10.2 Å². The summed E-state index contributed by atoms with van der Waals surface area (Å²) in [6.07, 6.45) is 3.41. The van der Waals surface area contributed by atoms with Crippen molar-refractivity contribution in [3.05, 3.63) is 88.6 Å².